The van der Waals surface area contributed by atoms with Gasteiger partial charge in [0.2, 0.25) is 17.8 Å². The van der Waals surface area contributed by atoms with Crippen molar-refractivity contribution in [3.05, 3.63) is 33.0 Å². The van der Waals surface area contributed by atoms with Crippen LogP contribution in [0.3, 0.4) is 0 Å². The van der Waals surface area contributed by atoms with E-state index in [4.69, 9.17) is 23.0 Å². The average Bonchev–Trinajstić information content (AvgIpc) is 2.78. The summed E-state index contributed by atoms with van der Waals surface area (Å²) in [5, 5.41) is 50.1. The largest absolute Gasteiger partial charge is 0.504 e. The van der Waals surface area contributed by atoms with E-state index in [0.29, 0.717) is 0 Å². The Morgan fingerprint density at radius 3 is 2.15 bits per heavy atom. The summed E-state index contributed by atoms with van der Waals surface area (Å²) in [5.41, 5.74) is -2.50. The second kappa shape index (κ2) is 7.22. The zero-order valence-corrected chi connectivity index (χ0v) is 17.1. The van der Waals surface area contributed by atoms with Crippen molar-refractivity contribution >= 4 is 32.7 Å². The highest BCUT2D eigenvalue weighted by Gasteiger charge is 2.43. The minimum Gasteiger partial charge on any atom is -0.504 e. The minimum atomic E-state index is -1.66. The van der Waals surface area contributed by atoms with Crippen LogP contribution in [0.15, 0.2) is 30.6 Å². The van der Waals surface area contributed by atoms with Gasteiger partial charge in [-0.1, -0.05) is 0 Å². The Morgan fingerprint density at radius 2 is 1.48 bits per heavy atom. The molecule has 174 valence electrons. The molecule has 0 saturated carbocycles. The maximum Gasteiger partial charge on any atom is 0.344 e. The number of phenolic OH excluding ortho intramolecular Hbond substituents is 2. The number of rotatable bonds is 3. The van der Waals surface area contributed by atoms with E-state index in [1.807, 2.05) is 0 Å². The van der Waals surface area contributed by atoms with Crippen LogP contribution in [-0.4, -0.2) is 63.3 Å². The maximum absolute atomic E-state index is 12.7. The van der Waals surface area contributed by atoms with Crippen molar-refractivity contribution in [3.63, 3.8) is 0 Å². The quantitative estimate of drug-likeness (QED) is 0.157. The molecule has 0 bridgehead atoms. The highest BCUT2D eigenvalue weighted by Crippen LogP contribution is 2.45. The molecule has 0 amide bonds. The SMILES string of the molecule is COc1c(O[C@@H]2O[C@@H](C)[C@H](O)[C@@H](O)[C@H]2O)cc2c(=O)oc3c(O)c(O)cc4c(=O)oc1c2c34. The molecule has 4 aromatic rings. The molecule has 1 saturated heterocycles. The van der Waals surface area contributed by atoms with Crippen LogP contribution in [0.5, 0.6) is 23.0 Å². The lowest BCUT2D eigenvalue weighted by atomic mass is 10.00. The lowest BCUT2D eigenvalue weighted by Crippen LogP contribution is -2.58. The Bertz CT molecular complexity index is 1500. The number of aromatic hydroxyl groups is 2. The zero-order valence-electron chi connectivity index (χ0n) is 17.1. The molecule has 0 aliphatic carbocycles. The molecule has 2 aromatic heterocycles. The van der Waals surface area contributed by atoms with Crippen LogP contribution in [0.25, 0.3) is 32.7 Å². The lowest BCUT2D eigenvalue weighted by Gasteiger charge is -2.39. The van der Waals surface area contributed by atoms with E-state index < -0.39 is 59.0 Å². The summed E-state index contributed by atoms with van der Waals surface area (Å²) >= 11 is 0. The van der Waals surface area contributed by atoms with Gasteiger partial charge in [-0.3, -0.25) is 0 Å². The smallest absolute Gasteiger partial charge is 0.344 e. The molecule has 33 heavy (non-hydrogen) atoms. The molecule has 0 radical (unpaired) electrons. The first kappa shape index (κ1) is 21.3. The third-order valence-electron chi connectivity index (χ3n) is 5.77. The average molecular weight is 462 g/mol. The topological polar surface area (TPSA) is 189 Å². The Morgan fingerprint density at radius 1 is 0.879 bits per heavy atom. The number of ether oxygens (including phenoxy) is 3. The number of hydrogen-bond acceptors (Lipinski definition) is 12. The predicted octanol–water partition coefficient (Wildman–Crippen LogP) is 0.116. The Hall–Kier alpha value is -3.58. The van der Waals surface area contributed by atoms with E-state index >= 15 is 0 Å². The van der Waals surface area contributed by atoms with Gasteiger partial charge in [0.15, 0.2) is 22.7 Å². The van der Waals surface area contributed by atoms with E-state index in [-0.39, 0.29) is 38.6 Å². The zero-order chi connectivity index (χ0) is 23.8. The number of methoxy groups -OCH3 is 1. The first-order valence-corrected chi connectivity index (χ1v) is 9.79. The van der Waals surface area contributed by atoms with Gasteiger partial charge in [-0.2, -0.15) is 0 Å². The van der Waals surface area contributed by atoms with Crippen LogP contribution in [0.2, 0.25) is 0 Å². The molecule has 0 spiro atoms. The number of aliphatic hydroxyl groups excluding tert-OH is 3. The second-order valence-corrected chi connectivity index (χ2v) is 7.73. The molecule has 3 heterocycles. The highest BCUT2D eigenvalue weighted by molar-refractivity contribution is 6.22. The van der Waals surface area contributed by atoms with Gasteiger partial charge in [0.05, 0.1) is 24.0 Å². The molecule has 5 N–H and O–H groups in total. The first-order chi connectivity index (χ1) is 15.6. The summed E-state index contributed by atoms with van der Waals surface area (Å²) in [6, 6.07) is 2.19. The summed E-state index contributed by atoms with van der Waals surface area (Å²) in [6.45, 7) is 1.46. The van der Waals surface area contributed by atoms with Gasteiger partial charge in [-0.25, -0.2) is 9.59 Å². The van der Waals surface area contributed by atoms with Gasteiger partial charge in [0, 0.05) is 10.8 Å². The molecule has 12 nitrogen and oxygen atoms in total. The number of phenols is 2. The van der Waals surface area contributed by atoms with Crippen LogP contribution in [0, 0.1) is 0 Å². The molecular weight excluding hydrogens is 444 g/mol. The Kier molecular flexibility index (Phi) is 4.65. The summed E-state index contributed by atoms with van der Waals surface area (Å²) < 4.78 is 27.0. The molecular formula is C21H18O12. The van der Waals surface area contributed by atoms with Gasteiger partial charge in [-0.15, -0.1) is 0 Å². The summed E-state index contributed by atoms with van der Waals surface area (Å²) in [4.78, 5) is 25.4. The summed E-state index contributed by atoms with van der Waals surface area (Å²) in [5.74, 6) is -1.74. The Labute approximate surface area is 182 Å². The minimum absolute atomic E-state index is 0.0251. The van der Waals surface area contributed by atoms with Crippen molar-refractivity contribution in [2.24, 2.45) is 0 Å². The van der Waals surface area contributed by atoms with E-state index in [1.165, 1.54) is 20.1 Å². The van der Waals surface area contributed by atoms with E-state index in [1.54, 1.807) is 0 Å². The summed E-state index contributed by atoms with van der Waals surface area (Å²) in [7, 11) is 1.24. The van der Waals surface area contributed by atoms with Crippen molar-refractivity contribution in [1.82, 2.24) is 0 Å². The molecule has 12 heteroatoms. The third kappa shape index (κ3) is 2.92. The first-order valence-electron chi connectivity index (χ1n) is 9.79. The fourth-order valence-corrected chi connectivity index (χ4v) is 4.08. The van der Waals surface area contributed by atoms with E-state index in [9.17, 15) is 35.1 Å². The normalized spacial score (nSPS) is 25.8. The highest BCUT2D eigenvalue weighted by atomic mass is 16.7. The predicted molar refractivity (Wildman–Crippen MR) is 110 cm³/mol. The van der Waals surface area contributed by atoms with Crippen LogP contribution < -0.4 is 20.7 Å². The van der Waals surface area contributed by atoms with Crippen LogP contribution in [0.1, 0.15) is 6.92 Å². The molecule has 1 fully saturated rings. The van der Waals surface area contributed by atoms with Crippen molar-refractivity contribution < 1.29 is 48.6 Å². The maximum atomic E-state index is 12.7. The molecule has 2 aromatic carbocycles. The van der Waals surface area contributed by atoms with Crippen molar-refractivity contribution in [3.8, 4) is 23.0 Å². The van der Waals surface area contributed by atoms with Crippen molar-refractivity contribution in [2.45, 2.75) is 37.6 Å². The summed E-state index contributed by atoms with van der Waals surface area (Å²) in [6.07, 6.45) is -6.96. The second-order valence-electron chi connectivity index (χ2n) is 7.73. The Balaban J connectivity index is 1.79. The van der Waals surface area contributed by atoms with E-state index in [2.05, 4.69) is 0 Å². The molecule has 5 rings (SSSR count). The molecule has 5 atom stereocenters. The van der Waals surface area contributed by atoms with Gasteiger partial charge >= 0.3 is 11.3 Å². The van der Waals surface area contributed by atoms with E-state index in [0.717, 1.165) is 6.07 Å². The van der Waals surface area contributed by atoms with Gasteiger partial charge in [0.25, 0.3) is 0 Å². The fraction of sp³-hybridized carbons (Fsp3) is 0.333. The standard InChI is InChI=1S/C21H18O12/c1-5-12(23)14(25)15(26)21(30-5)31-9-4-7-11-10-6(19(27)33-18(11)16(9)29-2)3-8(22)13(24)17(10)32-20(7)28/h3-5,12,14-15,21-26H,1-2H3/t5-,12-,14+,15+,21-/m0/s1. The number of aliphatic hydroxyl groups is 3. The van der Waals surface area contributed by atoms with Gasteiger partial charge < -0.3 is 48.6 Å². The molecule has 1 aliphatic rings. The van der Waals surface area contributed by atoms with Crippen LogP contribution in [0.4, 0.5) is 0 Å². The van der Waals surface area contributed by atoms with Gasteiger partial charge in [-0.05, 0) is 19.1 Å². The number of hydrogen-bond donors (Lipinski definition) is 5. The number of benzene rings is 2. The van der Waals surface area contributed by atoms with Crippen molar-refractivity contribution in [2.75, 3.05) is 7.11 Å². The monoisotopic (exact) mass is 462 g/mol. The third-order valence-corrected chi connectivity index (χ3v) is 5.77. The van der Waals surface area contributed by atoms with Gasteiger partial charge in [0.1, 0.15) is 18.3 Å². The van der Waals surface area contributed by atoms with Crippen LogP contribution >= 0.6 is 0 Å². The van der Waals surface area contributed by atoms with Crippen molar-refractivity contribution in [1.29, 1.82) is 0 Å². The fourth-order valence-electron chi connectivity index (χ4n) is 4.08. The molecule has 1 aliphatic heterocycles. The molecule has 0 unspecified atom stereocenters. The lowest BCUT2D eigenvalue weighted by molar-refractivity contribution is -0.268. The van der Waals surface area contributed by atoms with Crippen LogP contribution in [-0.2, 0) is 4.74 Å².